The summed E-state index contributed by atoms with van der Waals surface area (Å²) < 4.78 is 11.2. The number of rotatable bonds is 2. The second kappa shape index (κ2) is 3.97. The highest BCUT2D eigenvalue weighted by Gasteiger charge is 2.48. The Balaban J connectivity index is 2.46. The first-order chi connectivity index (χ1) is 7.52. The molecule has 3 heteroatoms. The Hall–Kier alpha value is -0.670. The quantitative estimate of drug-likeness (QED) is 0.534. The van der Waals surface area contributed by atoms with Gasteiger partial charge in [0.05, 0.1) is 13.2 Å². The molecule has 0 spiro atoms. The van der Waals surface area contributed by atoms with Crippen LogP contribution in [0.2, 0.25) is 0 Å². The molecule has 90 valence electrons. The maximum atomic E-state index is 11.4. The van der Waals surface area contributed by atoms with E-state index in [0.29, 0.717) is 13.2 Å². The van der Waals surface area contributed by atoms with Gasteiger partial charge in [0.1, 0.15) is 0 Å². The monoisotopic (exact) mass is 224 g/mol. The lowest BCUT2D eigenvalue weighted by Crippen LogP contribution is -2.43. The number of carbonyl (C=O) groups excluding carboxylic acids is 1. The van der Waals surface area contributed by atoms with Crippen LogP contribution in [-0.2, 0) is 14.3 Å². The topological polar surface area (TPSA) is 35.5 Å². The van der Waals surface area contributed by atoms with Gasteiger partial charge in [-0.15, -0.1) is 0 Å². The molecule has 0 unspecified atom stereocenters. The Morgan fingerprint density at radius 1 is 1.25 bits per heavy atom. The zero-order chi connectivity index (χ0) is 11.8. The van der Waals surface area contributed by atoms with Gasteiger partial charge in [0.15, 0.2) is 6.29 Å². The minimum absolute atomic E-state index is 0.00637. The molecule has 3 nitrogen and oxygen atoms in total. The van der Waals surface area contributed by atoms with E-state index in [-0.39, 0.29) is 5.41 Å². The van der Waals surface area contributed by atoms with E-state index in [2.05, 4.69) is 20.8 Å². The van der Waals surface area contributed by atoms with Gasteiger partial charge >= 0.3 is 0 Å². The summed E-state index contributed by atoms with van der Waals surface area (Å²) in [6.45, 7) is 7.44. The van der Waals surface area contributed by atoms with Crippen LogP contribution in [0.5, 0.6) is 0 Å². The molecule has 0 aromatic heterocycles. The summed E-state index contributed by atoms with van der Waals surface area (Å²) in [4.78, 5) is 11.4. The molecule has 0 aromatic carbocycles. The van der Waals surface area contributed by atoms with Crippen LogP contribution in [0.15, 0.2) is 11.1 Å². The van der Waals surface area contributed by atoms with E-state index in [0.717, 1.165) is 24.7 Å². The molecule has 0 bridgehead atoms. The molecule has 16 heavy (non-hydrogen) atoms. The summed E-state index contributed by atoms with van der Waals surface area (Å²) in [5.41, 5.74) is 2.30. The van der Waals surface area contributed by atoms with Gasteiger partial charge in [-0.3, -0.25) is 4.79 Å². The van der Waals surface area contributed by atoms with Gasteiger partial charge in [0.2, 0.25) is 5.79 Å². The molecule has 1 saturated heterocycles. The second-order valence-electron chi connectivity index (χ2n) is 5.38. The third-order valence-corrected chi connectivity index (χ3v) is 3.68. The van der Waals surface area contributed by atoms with Gasteiger partial charge in [0, 0.05) is 5.57 Å². The van der Waals surface area contributed by atoms with Gasteiger partial charge in [0.25, 0.3) is 0 Å². The first-order valence-electron chi connectivity index (χ1n) is 5.97. The highest BCUT2D eigenvalue weighted by molar-refractivity contribution is 5.68. The molecule has 2 aliphatic rings. The first kappa shape index (κ1) is 11.8. The van der Waals surface area contributed by atoms with E-state index >= 15 is 0 Å². The van der Waals surface area contributed by atoms with Gasteiger partial charge in [-0.2, -0.15) is 0 Å². The van der Waals surface area contributed by atoms with Gasteiger partial charge in [-0.1, -0.05) is 19.4 Å². The second-order valence-corrected chi connectivity index (χ2v) is 5.38. The van der Waals surface area contributed by atoms with Crippen LogP contribution < -0.4 is 0 Å². The Bertz CT molecular complexity index is 322. The minimum Gasteiger partial charge on any atom is -0.338 e. The number of ether oxygens (including phenoxy) is 2. The first-order valence-corrected chi connectivity index (χ1v) is 5.97. The number of hydrogen-bond donors (Lipinski definition) is 0. The van der Waals surface area contributed by atoms with E-state index in [1.54, 1.807) is 0 Å². The zero-order valence-corrected chi connectivity index (χ0v) is 10.3. The van der Waals surface area contributed by atoms with Gasteiger partial charge in [-0.05, 0) is 31.6 Å². The normalized spacial score (nSPS) is 28.2. The van der Waals surface area contributed by atoms with Crippen molar-refractivity contribution in [3.63, 3.8) is 0 Å². The molecule has 1 aliphatic heterocycles. The summed E-state index contributed by atoms with van der Waals surface area (Å²) in [5.74, 6) is -1.09. The molecule has 0 radical (unpaired) electrons. The fraction of sp³-hybridized carbons (Fsp3) is 0.769. The summed E-state index contributed by atoms with van der Waals surface area (Å²) in [6, 6.07) is 0. The highest BCUT2D eigenvalue weighted by atomic mass is 16.7. The largest absolute Gasteiger partial charge is 0.338 e. The fourth-order valence-corrected chi connectivity index (χ4v) is 3.09. The Morgan fingerprint density at radius 3 is 2.38 bits per heavy atom. The lowest BCUT2D eigenvalue weighted by molar-refractivity contribution is -0.158. The predicted molar refractivity (Wildman–Crippen MR) is 61.0 cm³/mol. The van der Waals surface area contributed by atoms with Crippen molar-refractivity contribution in [2.45, 2.75) is 45.8 Å². The lowest BCUT2D eigenvalue weighted by atomic mass is 9.69. The average molecular weight is 224 g/mol. The Labute approximate surface area is 96.8 Å². The van der Waals surface area contributed by atoms with Crippen molar-refractivity contribution in [3.05, 3.63) is 11.1 Å². The van der Waals surface area contributed by atoms with Crippen molar-refractivity contribution in [1.82, 2.24) is 0 Å². The summed E-state index contributed by atoms with van der Waals surface area (Å²) in [6.07, 6.45) is 4.13. The summed E-state index contributed by atoms with van der Waals surface area (Å²) >= 11 is 0. The molecule has 0 amide bonds. The number of aldehydes is 1. The zero-order valence-electron chi connectivity index (χ0n) is 10.3. The van der Waals surface area contributed by atoms with Crippen LogP contribution in [0, 0.1) is 5.41 Å². The number of allylic oxidation sites excluding steroid dienone is 1. The molecule has 2 rings (SSSR count). The molecule has 0 N–H and O–H groups in total. The Kier molecular flexibility index (Phi) is 2.93. The standard InChI is InChI=1S/C13H20O3/c1-10-5-4-6-12(2,3)11(10)13(9-14)15-7-8-16-13/h9H,4-8H2,1-3H3. The van der Waals surface area contributed by atoms with Gasteiger partial charge in [-0.25, -0.2) is 0 Å². The van der Waals surface area contributed by atoms with Crippen LogP contribution >= 0.6 is 0 Å². The molecule has 0 saturated carbocycles. The van der Waals surface area contributed by atoms with Crippen molar-refractivity contribution >= 4 is 6.29 Å². The SMILES string of the molecule is CC1=C(C2(C=O)OCCO2)C(C)(C)CCC1. The van der Waals surface area contributed by atoms with Gasteiger partial charge < -0.3 is 9.47 Å². The minimum atomic E-state index is -1.09. The number of hydrogen-bond acceptors (Lipinski definition) is 3. The number of carbonyl (C=O) groups is 1. The van der Waals surface area contributed by atoms with E-state index < -0.39 is 5.79 Å². The summed E-state index contributed by atoms with van der Waals surface area (Å²) in [7, 11) is 0. The van der Waals surface area contributed by atoms with Crippen molar-refractivity contribution in [2.24, 2.45) is 5.41 Å². The van der Waals surface area contributed by atoms with E-state index in [4.69, 9.17) is 9.47 Å². The van der Waals surface area contributed by atoms with E-state index in [1.165, 1.54) is 12.0 Å². The van der Waals surface area contributed by atoms with Crippen LogP contribution in [0.3, 0.4) is 0 Å². The fourth-order valence-electron chi connectivity index (χ4n) is 3.09. The average Bonchev–Trinajstić information content (AvgIpc) is 2.66. The van der Waals surface area contributed by atoms with Crippen LogP contribution in [0.25, 0.3) is 0 Å². The third-order valence-electron chi connectivity index (χ3n) is 3.68. The van der Waals surface area contributed by atoms with E-state index in [9.17, 15) is 4.79 Å². The molecule has 1 heterocycles. The summed E-state index contributed by atoms with van der Waals surface area (Å²) in [5, 5.41) is 0. The lowest BCUT2D eigenvalue weighted by Gasteiger charge is -2.40. The molecule has 0 aromatic rings. The molecular formula is C13H20O3. The third kappa shape index (κ3) is 1.72. The van der Waals surface area contributed by atoms with Crippen LogP contribution in [0.1, 0.15) is 40.0 Å². The van der Waals surface area contributed by atoms with Crippen LogP contribution in [0.4, 0.5) is 0 Å². The molecular weight excluding hydrogens is 204 g/mol. The van der Waals surface area contributed by atoms with Crippen molar-refractivity contribution in [2.75, 3.05) is 13.2 Å². The maximum absolute atomic E-state index is 11.4. The van der Waals surface area contributed by atoms with Crippen molar-refractivity contribution < 1.29 is 14.3 Å². The van der Waals surface area contributed by atoms with E-state index in [1.807, 2.05) is 0 Å². The Morgan fingerprint density at radius 2 is 1.88 bits per heavy atom. The molecule has 1 fully saturated rings. The smallest absolute Gasteiger partial charge is 0.250 e. The van der Waals surface area contributed by atoms with Crippen molar-refractivity contribution in [3.8, 4) is 0 Å². The van der Waals surface area contributed by atoms with Crippen molar-refractivity contribution in [1.29, 1.82) is 0 Å². The maximum Gasteiger partial charge on any atom is 0.250 e. The highest BCUT2D eigenvalue weighted by Crippen LogP contribution is 2.47. The van der Waals surface area contributed by atoms with Crippen LogP contribution in [-0.4, -0.2) is 25.3 Å². The molecule has 0 atom stereocenters. The molecule has 1 aliphatic carbocycles. The predicted octanol–water partition coefficient (Wildman–Crippen LogP) is 2.46.